The molecule has 1 aromatic carbocycles. The first-order chi connectivity index (χ1) is 12.9. The van der Waals surface area contributed by atoms with Gasteiger partial charge in [0.2, 0.25) is 15.9 Å². The summed E-state index contributed by atoms with van der Waals surface area (Å²) < 4.78 is 33.2. The quantitative estimate of drug-likeness (QED) is 0.634. The summed E-state index contributed by atoms with van der Waals surface area (Å²) in [6.45, 7) is 10.4. The molecule has 0 aromatic heterocycles. The Morgan fingerprint density at radius 2 is 1.86 bits per heavy atom. The number of amides is 1. The molecule has 28 heavy (non-hydrogen) atoms. The lowest BCUT2D eigenvalue weighted by Gasteiger charge is -2.23. The number of carbonyl (C=O) groups excluding carboxylic acids is 1. The first kappa shape index (κ1) is 22.8. The molecule has 1 amide bonds. The molecule has 1 fully saturated rings. The molecule has 1 saturated heterocycles. The van der Waals surface area contributed by atoms with Gasteiger partial charge in [0.15, 0.2) is 6.29 Å². The molecule has 3 N–H and O–H groups in total. The average molecular weight is 413 g/mol. The largest absolute Gasteiger partial charge is 0.366 e. The second kappa shape index (κ2) is 8.90. The SMILES string of the molecule is CC(C)CC(NS(=O)(=O)c1ccc(C(C)(C)C)cc1)C(=O)NC1CCOC1O. The molecular formula is C20H32N2O5S. The van der Waals surface area contributed by atoms with Gasteiger partial charge in [0.1, 0.15) is 6.04 Å². The minimum atomic E-state index is -3.86. The molecule has 0 spiro atoms. The Hall–Kier alpha value is -1.48. The molecule has 3 atom stereocenters. The van der Waals surface area contributed by atoms with Gasteiger partial charge in [-0.3, -0.25) is 4.79 Å². The summed E-state index contributed by atoms with van der Waals surface area (Å²) >= 11 is 0. The molecule has 0 aliphatic carbocycles. The Balaban J connectivity index is 2.16. The first-order valence-corrected chi connectivity index (χ1v) is 11.1. The van der Waals surface area contributed by atoms with Crippen molar-refractivity contribution in [2.75, 3.05) is 6.61 Å². The summed E-state index contributed by atoms with van der Waals surface area (Å²) in [5.74, 6) is -0.357. The van der Waals surface area contributed by atoms with Crippen molar-refractivity contribution in [2.45, 2.75) is 76.1 Å². The fourth-order valence-corrected chi connectivity index (χ4v) is 4.28. The number of nitrogens with one attached hydrogen (secondary N) is 2. The number of aliphatic hydroxyl groups excluding tert-OH is 1. The van der Waals surface area contributed by atoms with Crippen LogP contribution in [-0.4, -0.2) is 44.4 Å². The Kier molecular flexibility index (Phi) is 7.25. The van der Waals surface area contributed by atoms with Gasteiger partial charge in [-0.05, 0) is 41.9 Å². The third kappa shape index (κ3) is 6.01. The predicted molar refractivity (Wildman–Crippen MR) is 107 cm³/mol. The van der Waals surface area contributed by atoms with Crippen LogP contribution in [0.15, 0.2) is 29.2 Å². The second-order valence-corrected chi connectivity index (χ2v) is 10.5. The number of hydrogen-bond donors (Lipinski definition) is 3. The molecule has 0 bridgehead atoms. The van der Waals surface area contributed by atoms with Crippen LogP contribution < -0.4 is 10.0 Å². The lowest BCUT2D eigenvalue weighted by Crippen LogP contribution is -2.51. The van der Waals surface area contributed by atoms with E-state index in [4.69, 9.17) is 4.74 Å². The monoisotopic (exact) mass is 412 g/mol. The van der Waals surface area contributed by atoms with Crippen molar-refractivity contribution >= 4 is 15.9 Å². The highest BCUT2D eigenvalue weighted by Crippen LogP contribution is 2.23. The zero-order valence-corrected chi connectivity index (χ0v) is 18.0. The molecular weight excluding hydrogens is 380 g/mol. The van der Waals surface area contributed by atoms with Crippen molar-refractivity contribution < 1.29 is 23.1 Å². The minimum absolute atomic E-state index is 0.0834. The molecule has 1 aliphatic rings. The summed E-state index contributed by atoms with van der Waals surface area (Å²) in [7, 11) is -3.86. The van der Waals surface area contributed by atoms with Crippen LogP contribution in [0.4, 0.5) is 0 Å². The lowest BCUT2D eigenvalue weighted by atomic mass is 9.87. The molecule has 8 heteroatoms. The van der Waals surface area contributed by atoms with Crippen molar-refractivity contribution in [3.05, 3.63) is 29.8 Å². The van der Waals surface area contributed by atoms with Crippen LogP contribution >= 0.6 is 0 Å². The predicted octanol–water partition coefficient (Wildman–Crippen LogP) is 1.90. The number of carbonyl (C=O) groups is 1. The van der Waals surface area contributed by atoms with Crippen LogP contribution in [0.2, 0.25) is 0 Å². The number of hydrogen-bond acceptors (Lipinski definition) is 5. The van der Waals surface area contributed by atoms with E-state index in [1.54, 1.807) is 24.3 Å². The lowest BCUT2D eigenvalue weighted by molar-refractivity contribution is -0.127. The summed E-state index contributed by atoms with van der Waals surface area (Å²) in [4.78, 5) is 12.8. The van der Waals surface area contributed by atoms with Gasteiger partial charge in [0.25, 0.3) is 0 Å². The van der Waals surface area contributed by atoms with E-state index in [0.29, 0.717) is 19.4 Å². The Labute approximate surface area is 167 Å². The maximum Gasteiger partial charge on any atom is 0.241 e. The highest BCUT2D eigenvalue weighted by Gasteiger charge is 2.32. The van der Waals surface area contributed by atoms with E-state index in [1.165, 1.54) is 0 Å². The molecule has 1 heterocycles. The molecule has 1 aromatic rings. The molecule has 7 nitrogen and oxygen atoms in total. The van der Waals surface area contributed by atoms with Gasteiger partial charge in [-0.25, -0.2) is 8.42 Å². The number of ether oxygens (including phenoxy) is 1. The number of sulfonamides is 1. The fourth-order valence-electron chi connectivity index (χ4n) is 3.07. The second-order valence-electron chi connectivity index (χ2n) is 8.74. The smallest absolute Gasteiger partial charge is 0.241 e. The number of aliphatic hydroxyl groups is 1. The molecule has 2 rings (SSSR count). The fraction of sp³-hybridized carbons (Fsp3) is 0.650. The van der Waals surface area contributed by atoms with Gasteiger partial charge in [-0.2, -0.15) is 4.72 Å². The summed E-state index contributed by atoms with van der Waals surface area (Å²) in [5, 5.41) is 12.4. The molecule has 3 unspecified atom stereocenters. The van der Waals surface area contributed by atoms with Gasteiger partial charge < -0.3 is 15.2 Å². The van der Waals surface area contributed by atoms with E-state index >= 15 is 0 Å². The standard InChI is InChI=1S/C20H32N2O5S/c1-13(2)12-17(18(23)21-16-10-11-27-19(16)24)22-28(25,26)15-8-6-14(7-9-15)20(3,4)5/h6-9,13,16-17,19,22,24H,10-12H2,1-5H3,(H,21,23). The highest BCUT2D eigenvalue weighted by atomic mass is 32.2. The van der Waals surface area contributed by atoms with E-state index < -0.39 is 34.3 Å². The summed E-state index contributed by atoms with van der Waals surface area (Å²) in [6, 6.07) is 5.23. The van der Waals surface area contributed by atoms with Crippen molar-refractivity contribution in [1.29, 1.82) is 0 Å². The summed E-state index contributed by atoms with van der Waals surface area (Å²) in [5.41, 5.74) is 0.943. The third-order valence-corrected chi connectivity index (χ3v) is 6.23. The van der Waals surface area contributed by atoms with E-state index in [9.17, 15) is 18.3 Å². The van der Waals surface area contributed by atoms with Crippen LogP contribution in [0.1, 0.15) is 53.0 Å². The Bertz CT molecular complexity index is 769. The van der Waals surface area contributed by atoms with Gasteiger partial charge in [-0.1, -0.05) is 46.8 Å². The van der Waals surface area contributed by atoms with Crippen molar-refractivity contribution in [3.8, 4) is 0 Å². The van der Waals surface area contributed by atoms with E-state index in [-0.39, 0.29) is 16.2 Å². The maximum atomic E-state index is 12.8. The van der Waals surface area contributed by atoms with Crippen LogP contribution in [0.25, 0.3) is 0 Å². The van der Waals surface area contributed by atoms with E-state index in [1.807, 2.05) is 13.8 Å². The zero-order chi connectivity index (χ0) is 21.1. The average Bonchev–Trinajstić information content (AvgIpc) is 2.98. The van der Waals surface area contributed by atoms with Gasteiger partial charge in [0.05, 0.1) is 17.5 Å². The van der Waals surface area contributed by atoms with E-state index in [2.05, 4.69) is 30.8 Å². The number of benzene rings is 1. The van der Waals surface area contributed by atoms with Gasteiger partial charge in [0, 0.05) is 0 Å². The van der Waals surface area contributed by atoms with Crippen molar-refractivity contribution in [3.63, 3.8) is 0 Å². The third-order valence-electron chi connectivity index (χ3n) is 4.74. The van der Waals surface area contributed by atoms with Crippen LogP contribution in [0.3, 0.4) is 0 Å². The first-order valence-electron chi connectivity index (χ1n) is 9.63. The molecule has 0 saturated carbocycles. The molecule has 0 radical (unpaired) electrons. The molecule has 1 aliphatic heterocycles. The summed E-state index contributed by atoms with van der Waals surface area (Å²) in [6.07, 6.45) is -0.234. The maximum absolute atomic E-state index is 12.8. The van der Waals surface area contributed by atoms with Crippen molar-refractivity contribution in [1.82, 2.24) is 10.0 Å². The minimum Gasteiger partial charge on any atom is -0.366 e. The van der Waals surface area contributed by atoms with Crippen LogP contribution in [0.5, 0.6) is 0 Å². The van der Waals surface area contributed by atoms with Crippen molar-refractivity contribution in [2.24, 2.45) is 5.92 Å². The topological polar surface area (TPSA) is 105 Å². The zero-order valence-electron chi connectivity index (χ0n) is 17.2. The highest BCUT2D eigenvalue weighted by molar-refractivity contribution is 7.89. The molecule has 158 valence electrons. The number of rotatable bonds is 7. The Morgan fingerprint density at radius 1 is 1.25 bits per heavy atom. The Morgan fingerprint density at radius 3 is 2.32 bits per heavy atom. The van der Waals surface area contributed by atoms with Crippen LogP contribution in [0, 0.1) is 5.92 Å². The normalized spacial score (nSPS) is 21.7. The van der Waals surface area contributed by atoms with Gasteiger partial charge in [-0.15, -0.1) is 0 Å². The van der Waals surface area contributed by atoms with Crippen LogP contribution in [-0.2, 0) is 25.0 Å². The van der Waals surface area contributed by atoms with Gasteiger partial charge >= 0.3 is 0 Å². The van der Waals surface area contributed by atoms with E-state index in [0.717, 1.165) is 5.56 Å².